The summed E-state index contributed by atoms with van der Waals surface area (Å²) in [7, 11) is -1.16. The Bertz CT molecular complexity index is 308. The Balaban J connectivity index is 2.71. The molecule has 1 aliphatic carbocycles. The molecule has 0 aromatic rings. The third-order valence-corrected chi connectivity index (χ3v) is 4.67. The van der Waals surface area contributed by atoms with E-state index in [1.807, 2.05) is 27.7 Å². The molecule has 0 radical (unpaired) electrons. The first-order chi connectivity index (χ1) is 7.15. The van der Waals surface area contributed by atoms with Crippen LogP contribution in [0.4, 0.5) is 0 Å². The van der Waals surface area contributed by atoms with Crippen LogP contribution in [0.2, 0.25) is 0 Å². The van der Waals surface area contributed by atoms with Crippen molar-refractivity contribution in [2.45, 2.75) is 57.2 Å². The summed E-state index contributed by atoms with van der Waals surface area (Å²) in [6.45, 7) is 7.67. The average molecular weight is 246 g/mol. The Labute approximate surface area is 99.9 Å². The summed E-state index contributed by atoms with van der Waals surface area (Å²) in [5, 5.41) is 0. The van der Waals surface area contributed by atoms with Gasteiger partial charge in [-0.2, -0.15) is 0 Å². The van der Waals surface area contributed by atoms with E-state index in [0.717, 1.165) is 12.8 Å². The summed E-state index contributed by atoms with van der Waals surface area (Å²) in [5.41, 5.74) is 4.84. The fraction of sp³-hybridized carbons (Fsp3) is 0.909. The first-order valence-electron chi connectivity index (χ1n) is 5.63. The van der Waals surface area contributed by atoms with Gasteiger partial charge in [-0.05, 0) is 46.5 Å². The summed E-state index contributed by atoms with van der Waals surface area (Å²) >= 11 is 0. The highest BCUT2D eigenvalue weighted by atomic mass is 32.2. The zero-order chi connectivity index (χ0) is 12.6. The number of carbonyl (C=O) groups excluding carboxylic acids is 1. The van der Waals surface area contributed by atoms with Crippen molar-refractivity contribution in [1.82, 2.24) is 4.72 Å². The Kier molecular flexibility index (Phi) is 3.80. The molecule has 94 valence electrons. The number of primary amides is 1. The Hall–Kier alpha value is -0.420. The molecule has 1 rings (SSSR count). The summed E-state index contributed by atoms with van der Waals surface area (Å²) in [5.74, 6) is 0.0825. The molecule has 1 aliphatic rings. The van der Waals surface area contributed by atoms with Crippen LogP contribution in [-0.2, 0) is 15.8 Å². The molecule has 1 amide bonds. The van der Waals surface area contributed by atoms with Crippen LogP contribution < -0.4 is 10.5 Å². The van der Waals surface area contributed by atoms with Gasteiger partial charge in [-0.25, -0.2) is 8.93 Å². The van der Waals surface area contributed by atoms with Crippen molar-refractivity contribution in [2.24, 2.45) is 11.7 Å². The van der Waals surface area contributed by atoms with Crippen LogP contribution in [0.25, 0.3) is 0 Å². The molecule has 5 heteroatoms. The van der Waals surface area contributed by atoms with Crippen molar-refractivity contribution >= 4 is 16.9 Å². The van der Waals surface area contributed by atoms with E-state index in [1.54, 1.807) is 0 Å². The number of hydrogen-bond donors (Lipinski definition) is 2. The number of nitrogens with one attached hydrogen (secondary N) is 1. The molecule has 0 saturated heterocycles. The molecule has 1 fully saturated rings. The molecule has 16 heavy (non-hydrogen) atoms. The molecule has 0 aromatic heterocycles. The van der Waals surface area contributed by atoms with Gasteiger partial charge in [-0.3, -0.25) is 4.79 Å². The number of rotatable bonds is 5. The highest BCUT2D eigenvalue weighted by Gasteiger charge is 2.44. The van der Waals surface area contributed by atoms with E-state index >= 15 is 0 Å². The lowest BCUT2D eigenvalue weighted by Crippen LogP contribution is -2.51. The second-order valence-corrected chi connectivity index (χ2v) is 7.78. The van der Waals surface area contributed by atoms with Crippen LogP contribution in [-0.4, -0.2) is 20.4 Å². The van der Waals surface area contributed by atoms with Crippen LogP contribution in [0.1, 0.15) is 47.0 Å². The molecule has 0 unspecified atom stereocenters. The molecule has 1 saturated carbocycles. The van der Waals surface area contributed by atoms with Crippen molar-refractivity contribution in [2.75, 3.05) is 0 Å². The lowest BCUT2D eigenvalue weighted by molar-refractivity contribution is -0.119. The molecule has 0 heterocycles. The van der Waals surface area contributed by atoms with Gasteiger partial charge in [-0.15, -0.1) is 0 Å². The van der Waals surface area contributed by atoms with Crippen LogP contribution in [0.5, 0.6) is 0 Å². The van der Waals surface area contributed by atoms with Crippen LogP contribution in [0, 0.1) is 5.92 Å². The standard InChI is InChI=1S/C11H22N2O2S/c1-10(2,3)16(15)13-11(4,7-9(12)14)8-5-6-8/h8,13H,5-7H2,1-4H3,(H2,12,14)/t11-,16-/m1/s1. The molecular weight excluding hydrogens is 224 g/mol. The van der Waals surface area contributed by atoms with Crippen molar-refractivity contribution in [1.29, 1.82) is 0 Å². The fourth-order valence-corrected chi connectivity index (χ4v) is 2.68. The first kappa shape index (κ1) is 13.6. The quantitative estimate of drug-likeness (QED) is 0.762. The van der Waals surface area contributed by atoms with Crippen molar-refractivity contribution in [3.63, 3.8) is 0 Å². The first-order valence-corrected chi connectivity index (χ1v) is 6.78. The Morgan fingerprint density at radius 1 is 1.38 bits per heavy atom. The van der Waals surface area contributed by atoms with Crippen molar-refractivity contribution in [3.05, 3.63) is 0 Å². The average Bonchev–Trinajstić information content (AvgIpc) is 2.81. The summed E-state index contributed by atoms with van der Waals surface area (Å²) in [6, 6.07) is 0. The number of hydrogen-bond acceptors (Lipinski definition) is 2. The van der Waals surface area contributed by atoms with Gasteiger partial charge >= 0.3 is 0 Å². The Morgan fingerprint density at radius 3 is 2.19 bits per heavy atom. The SMILES string of the molecule is CC(C)(C)[S@@](=O)N[C@](C)(CC(N)=O)C1CC1. The van der Waals surface area contributed by atoms with Gasteiger partial charge in [0.25, 0.3) is 0 Å². The second-order valence-electron chi connectivity index (χ2n) is 5.82. The van der Waals surface area contributed by atoms with E-state index in [1.165, 1.54) is 0 Å². The van der Waals surface area contributed by atoms with Gasteiger partial charge in [-0.1, -0.05) is 0 Å². The second kappa shape index (κ2) is 4.45. The van der Waals surface area contributed by atoms with E-state index < -0.39 is 16.5 Å². The third-order valence-electron chi connectivity index (χ3n) is 2.90. The van der Waals surface area contributed by atoms with Gasteiger partial charge in [0.1, 0.15) is 0 Å². The molecule has 2 atom stereocenters. The van der Waals surface area contributed by atoms with Gasteiger partial charge in [0.2, 0.25) is 5.91 Å². The van der Waals surface area contributed by atoms with Gasteiger partial charge in [0.05, 0.1) is 15.7 Å². The molecule has 0 aliphatic heterocycles. The predicted molar refractivity (Wildman–Crippen MR) is 66.0 cm³/mol. The molecule has 0 spiro atoms. The summed E-state index contributed by atoms with van der Waals surface area (Å²) in [4.78, 5) is 11.1. The van der Waals surface area contributed by atoms with Crippen LogP contribution in [0.15, 0.2) is 0 Å². The highest BCUT2D eigenvalue weighted by Crippen LogP contribution is 2.41. The zero-order valence-electron chi connectivity index (χ0n) is 10.5. The normalized spacial score (nSPS) is 22.5. The molecule has 0 bridgehead atoms. The van der Waals surface area contributed by atoms with Crippen molar-refractivity contribution < 1.29 is 9.00 Å². The van der Waals surface area contributed by atoms with Crippen LogP contribution >= 0.6 is 0 Å². The van der Waals surface area contributed by atoms with E-state index in [0.29, 0.717) is 5.92 Å². The molecule has 3 N–H and O–H groups in total. The van der Waals surface area contributed by atoms with E-state index in [4.69, 9.17) is 5.73 Å². The minimum Gasteiger partial charge on any atom is -0.370 e. The molecular formula is C11H22N2O2S. The maximum Gasteiger partial charge on any atom is 0.219 e. The summed E-state index contributed by atoms with van der Waals surface area (Å²) < 4.78 is 14.8. The van der Waals surface area contributed by atoms with Crippen LogP contribution in [0.3, 0.4) is 0 Å². The highest BCUT2D eigenvalue weighted by molar-refractivity contribution is 7.84. The zero-order valence-corrected chi connectivity index (χ0v) is 11.3. The molecule has 4 nitrogen and oxygen atoms in total. The van der Waals surface area contributed by atoms with Gasteiger partial charge < -0.3 is 5.73 Å². The Morgan fingerprint density at radius 2 is 1.88 bits per heavy atom. The van der Waals surface area contributed by atoms with Gasteiger partial charge in [0, 0.05) is 12.0 Å². The number of nitrogens with two attached hydrogens (primary N) is 1. The van der Waals surface area contributed by atoms with E-state index in [2.05, 4.69) is 4.72 Å². The van der Waals surface area contributed by atoms with E-state index in [9.17, 15) is 9.00 Å². The van der Waals surface area contributed by atoms with Gasteiger partial charge in [0.15, 0.2) is 0 Å². The summed E-state index contributed by atoms with van der Waals surface area (Å²) in [6.07, 6.45) is 2.41. The number of carbonyl (C=O) groups is 1. The maximum atomic E-state index is 12.0. The maximum absolute atomic E-state index is 12.0. The van der Waals surface area contributed by atoms with Crippen molar-refractivity contribution in [3.8, 4) is 0 Å². The minimum atomic E-state index is -1.16. The third kappa shape index (κ3) is 3.56. The molecule has 0 aromatic carbocycles. The largest absolute Gasteiger partial charge is 0.370 e. The minimum absolute atomic E-state index is 0.249. The fourth-order valence-electron chi connectivity index (χ4n) is 1.71. The monoisotopic (exact) mass is 246 g/mol. The van der Waals surface area contributed by atoms with E-state index in [-0.39, 0.29) is 17.1 Å². The predicted octanol–water partition coefficient (Wildman–Crippen LogP) is 1.08. The smallest absolute Gasteiger partial charge is 0.219 e. The topological polar surface area (TPSA) is 72.2 Å². The lowest BCUT2D eigenvalue weighted by Gasteiger charge is -2.32. The lowest BCUT2D eigenvalue weighted by atomic mass is 9.93. The number of amides is 1.